The lowest BCUT2D eigenvalue weighted by Gasteiger charge is -2.61. The highest BCUT2D eigenvalue weighted by atomic mass is 15.1. The van der Waals surface area contributed by atoms with Gasteiger partial charge in [-0.15, -0.1) is 0 Å². The number of anilines is 3. The van der Waals surface area contributed by atoms with Gasteiger partial charge in [-0.2, -0.15) is 0 Å². The van der Waals surface area contributed by atoms with Crippen molar-refractivity contribution < 1.29 is 0 Å². The highest BCUT2D eigenvalue weighted by molar-refractivity contribution is 5.89. The maximum Gasteiger partial charge on any atom is 0.0468 e. The first-order valence-electron chi connectivity index (χ1n) is 18.1. The molecule has 46 heavy (non-hydrogen) atoms. The first-order valence-corrected chi connectivity index (χ1v) is 18.1. The van der Waals surface area contributed by atoms with Crippen LogP contribution in [0, 0.1) is 23.7 Å². The lowest BCUT2D eigenvalue weighted by Crippen LogP contribution is -2.55. The van der Waals surface area contributed by atoms with Gasteiger partial charge in [-0.25, -0.2) is 0 Å². The molecular weight excluding hydrogens is 555 g/mol. The van der Waals surface area contributed by atoms with Crippen LogP contribution < -0.4 is 4.90 Å². The van der Waals surface area contributed by atoms with Gasteiger partial charge in [0.25, 0.3) is 0 Å². The minimum absolute atomic E-state index is 0.170. The molecule has 0 aromatic heterocycles. The molecule has 7 aliphatic carbocycles. The van der Waals surface area contributed by atoms with Crippen molar-refractivity contribution in [3.05, 3.63) is 138 Å². The third-order valence-corrected chi connectivity index (χ3v) is 13.8. The van der Waals surface area contributed by atoms with Crippen molar-refractivity contribution in [3.63, 3.8) is 0 Å². The predicted octanol–water partition coefficient (Wildman–Crippen LogP) is 11.7. The Balaban J connectivity index is 1.11. The minimum atomic E-state index is 0.170. The zero-order chi connectivity index (χ0) is 30.0. The van der Waals surface area contributed by atoms with Crippen molar-refractivity contribution in [1.82, 2.24) is 0 Å². The molecule has 5 aromatic rings. The molecule has 0 aliphatic heterocycles. The van der Waals surface area contributed by atoms with Crippen molar-refractivity contribution in [2.45, 2.75) is 68.6 Å². The van der Waals surface area contributed by atoms with Crippen LogP contribution in [0.3, 0.4) is 0 Å². The van der Waals surface area contributed by atoms with Crippen LogP contribution in [0.2, 0.25) is 0 Å². The Hall–Kier alpha value is -4.10. The van der Waals surface area contributed by atoms with E-state index in [0.29, 0.717) is 0 Å². The topological polar surface area (TPSA) is 3.24 Å². The first kappa shape index (κ1) is 26.0. The zero-order valence-electron chi connectivity index (χ0n) is 26.6. The van der Waals surface area contributed by atoms with Gasteiger partial charge in [-0.3, -0.25) is 0 Å². The molecule has 0 heterocycles. The van der Waals surface area contributed by atoms with E-state index in [1.165, 1.54) is 97.1 Å². The number of fused-ring (bicyclic) bond motifs is 8. The maximum atomic E-state index is 2.64. The fraction of sp³-hybridized carbons (Fsp3) is 0.333. The van der Waals surface area contributed by atoms with E-state index in [0.717, 1.165) is 23.7 Å². The summed E-state index contributed by atoms with van der Waals surface area (Å²) < 4.78 is 0. The molecule has 12 rings (SSSR count). The van der Waals surface area contributed by atoms with E-state index in [4.69, 9.17) is 0 Å². The second-order valence-electron chi connectivity index (χ2n) is 15.7. The van der Waals surface area contributed by atoms with Gasteiger partial charge < -0.3 is 4.90 Å². The maximum absolute atomic E-state index is 2.64. The molecule has 1 nitrogen and oxygen atoms in total. The van der Waals surface area contributed by atoms with Crippen LogP contribution in [-0.4, -0.2) is 0 Å². The molecule has 1 heteroatoms. The van der Waals surface area contributed by atoms with Gasteiger partial charge in [0.15, 0.2) is 0 Å². The number of rotatable bonds is 3. The summed E-state index contributed by atoms with van der Waals surface area (Å²) in [7, 11) is 0. The van der Waals surface area contributed by atoms with E-state index in [-0.39, 0.29) is 10.8 Å². The van der Waals surface area contributed by atoms with E-state index >= 15 is 0 Å². The molecule has 7 aliphatic rings. The van der Waals surface area contributed by atoms with Gasteiger partial charge in [0.05, 0.1) is 0 Å². The van der Waals surface area contributed by atoms with E-state index < -0.39 is 0 Å². The van der Waals surface area contributed by atoms with Gasteiger partial charge in [-0.05, 0) is 150 Å². The molecule has 226 valence electrons. The molecule has 5 aromatic carbocycles. The van der Waals surface area contributed by atoms with Crippen LogP contribution in [0.4, 0.5) is 17.1 Å². The van der Waals surface area contributed by atoms with Crippen LogP contribution in [0.15, 0.2) is 115 Å². The molecule has 2 spiro atoms. The van der Waals surface area contributed by atoms with Gasteiger partial charge in [0, 0.05) is 27.9 Å². The molecule has 0 atom stereocenters. The zero-order valence-corrected chi connectivity index (χ0v) is 26.6. The molecule has 0 saturated heterocycles. The van der Waals surface area contributed by atoms with Crippen molar-refractivity contribution in [3.8, 4) is 22.3 Å². The van der Waals surface area contributed by atoms with E-state index in [1.54, 1.807) is 22.3 Å². The fourth-order valence-corrected chi connectivity index (χ4v) is 12.4. The second kappa shape index (κ2) is 9.25. The summed E-state index contributed by atoms with van der Waals surface area (Å²) in [5.74, 6) is 3.44. The Morgan fingerprint density at radius 1 is 0.435 bits per heavy atom. The number of hydrogen-bond donors (Lipinski definition) is 0. The van der Waals surface area contributed by atoms with E-state index in [1.807, 2.05) is 0 Å². The summed E-state index contributed by atoms with van der Waals surface area (Å²) in [6.07, 6.45) is 12.4. The average Bonchev–Trinajstić information content (AvgIpc) is 3.77. The van der Waals surface area contributed by atoms with Gasteiger partial charge in [0.2, 0.25) is 0 Å². The number of nitrogens with zero attached hydrogens (tertiary/aromatic N) is 1. The summed E-state index contributed by atoms with van der Waals surface area (Å²) >= 11 is 0. The summed E-state index contributed by atoms with van der Waals surface area (Å²) in [6, 6.07) is 44.9. The summed E-state index contributed by atoms with van der Waals surface area (Å²) in [5.41, 5.74) is 16.4. The Bertz CT molecular complexity index is 2000. The molecule has 4 bridgehead atoms. The quantitative estimate of drug-likeness (QED) is 0.201. The Kier molecular flexibility index (Phi) is 5.23. The van der Waals surface area contributed by atoms with Crippen molar-refractivity contribution in [1.29, 1.82) is 0 Å². The molecule has 0 unspecified atom stereocenters. The normalized spacial score (nSPS) is 28.3. The van der Waals surface area contributed by atoms with Gasteiger partial charge in [0.1, 0.15) is 0 Å². The van der Waals surface area contributed by atoms with Crippen LogP contribution in [0.5, 0.6) is 0 Å². The fourth-order valence-electron chi connectivity index (χ4n) is 12.4. The van der Waals surface area contributed by atoms with Crippen LogP contribution in [0.25, 0.3) is 22.3 Å². The summed E-state index contributed by atoms with van der Waals surface area (Å²) in [4.78, 5) is 2.55. The van der Waals surface area contributed by atoms with Gasteiger partial charge >= 0.3 is 0 Å². The van der Waals surface area contributed by atoms with Crippen LogP contribution >= 0.6 is 0 Å². The minimum Gasteiger partial charge on any atom is -0.310 e. The number of para-hydroxylation sites is 1. The lowest BCUT2D eigenvalue weighted by atomic mass is 9.43. The highest BCUT2D eigenvalue weighted by Gasteiger charge is 2.61. The third kappa shape index (κ3) is 3.22. The molecule has 5 fully saturated rings. The predicted molar refractivity (Wildman–Crippen MR) is 189 cm³/mol. The Morgan fingerprint density at radius 3 is 1.74 bits per heavy atom. The molecular formula is C45H41N. The van der Waals surface area contributed by atoms with E-state index in [2.05, 4.69) is 120 Å². The van der Waals surface area contributed by atoms with Crippen LogP contribution in [0.1, 0.15) is 80.0 Å². The van der Waals surface area contributed by atoms with Crippen molar-refractivity contribution >= 4 is 17.1 Å². The number of hydrogen-bond acceptors (Lipinski definition) is 1. The first-order chi connectivity index (χ1) is 22.7. The number of benzene rings is 5. The molecule has 5 saturated carbocycles. The monoisotopic (exact) mass is 595 g/mol. The standard InChI is InChI=1S/C45H41N/c1-2-10-33(11-3-1)46(34-17-19-41-39(27-34)37-13-4-6-14-40(37)44(41)20-8-9-21-44)35-16-18-38-36-12-5-7-15-42(36)45(43(38)28-35)31-23-29-22-30(25-31)26-32(45)24-29/h1-7,10-19,27-32H,8-9,20-26H2. The van der Waals surface area contributed by atoms with Crippen molar-refractivity contribution in [2.75, 3.05) is 4.90 Å². The summed E-state index contributed by atoms with van der Waals surface area (Å²) in [5, 5.41) is 0. The van der Waals surface area contributed by atoms with Gasteiger partial charge in [-0.1, -0.05) is 91.7 Å². The largest absolute Gasteiger partial charge is 0.310 e. The third-order valence-electron chi connectivity index (χ3n) is 13.8. The molecule has 0 amide bonds. The molecule has 0 N–H and O–H groups in total. The Morgan fingerprint density at radius 2 is 1.00 bits per heavy atom. The second-order valence-corrected chi connectivity index (χ2v) is 15.7. The van der Waals surface area contributed by atoms with Crippen LogP contribution in [-0.2, 0) is 10.8 Å². The smallest absolute Gasteiger partial charge is 0.0468 e. The summed E-state index contributed by atoms with van der Waals surface area (Å²) in [6.45, 7) is 0. The molecule has 0 radical (unpaired) electrons. The highest BCUT2D eigenvalue weighted by Crippen LogP contribution is 2.69. The van der Waals surface area contributed by atoms with E-state index in [9.17, 15) is 0 Å². The lowest BCUT2D eigenvalue weighted by molar-refractivity contribution is -0.0399. The Labute approximate surface area is 273 Å². The average molecular weight is 596 g/mol. The van der Waals surface area contributed by atoms with Crippen molar-refractivity contribution in [2.24, 2.45) is 23.7 Å². The SMILES string of the molecule is c1ccc(N(c2ccc3c(c2)-c2ccccc2C32CCCC2)c2ccc3c(c2)C2(c4ccccc4-3)C3CC4CC(C3)CC2C4)cc1.